The molecular weight excluding hydrogens is 484 g/mol. The van der Waals surface area contributed by atoms with E-state index in [4.69, 9.17) is 4.74 Å². The van der Waals surface area contributed by atoms with Crippen molar-refractivity contribution in [1.82, 2.24) is 9.80 Å². The Bertz CT molecular complexity index is 745. The van der Waals surface area contributed by atoms with Crippen LogP contribution in [0.4, 0.5) is 0 Å². The maximum Gasteiger partial charge on any atom is 0.310 e. The summed E-state index contributed by atoms with van der Waals surface area (Å²) in [5.41, 5.74) is 0. The van der Waals surface area contributed by atoms with Gasteiger partial charge in [-0.15, -0.1) is 18.3 Å². The van der Waals surface area contributed by atoms with Crippen molar-refractivity contribution in [2.24, 2.45) is 11.8 Å². The monoisotopic (exact) mass is 516 g/mol. The molecule has 0 aromatic carbocycles. The molecule has 3 saturated heterocycles. The molecule has 0 aromatic heterocycles. The maximum atomic E-state index is 14.0. The van der Waals surface area contributed by atoms with Crippen molar-refractivity contribution in [3.63, 3.8) is 0 Å². The molecule has 0 radical (unpaired) electrons. The number of aliphatic hydroxyl groups excluding tert-OH is 1. The lowest BCUT2D eigenvalue weighted by molar-refractivity contribution is -0.154. The molecule has 1 N–H and O–H groups in total. The Morgan fingerprint density at radius 3 is 2.65 bits per heavy atom. The van der Waals surface area contributed by atoms with Crippen molar-refractivity contribution in [3.8, 4) is 0 Å². The number of likely N-dealkylation sites (tertiary alicyclic amines) is 1. The zero-order valence-corrected chi connectivity index (χ0v) is 21.0. The molecule has 0 saturated carbocycles. The Kier molecular flexibility index (Phi) is 7.48. The minimum absolute atomic E-state index is 0.00677. The second-order valence-electron chi connectivity index (χ2n) is 8.78. The van der Waals surface area contributed by atoms with Gasteiger partial charge < -0.3 is 19.6 Å². The molecule has 3 fully saturated rings. The van der Waals surface area contributed by atoms with Gasteiger partial charge in [0.1, 0.15) is 6.04 Å². The lowest BCUT2D eigenvalue weighted by atomic mass is 9.71. The van der Waals surface area contributed by atoms with Crippen LogP contribution in [-0.4, -0.2) is 85.4 Å². The molecule has 1 spiro atoms. The Hall–Kier alpha value is -1.06. The van der Waals surface area contributed by atoms with Crippen molar-refractivity contribution < 1.29 is 24.2 Å². The van der Waals surface area contributed by atoms with Crippen LogP contribution in [0.3, 0.4) is 0 Å². The van der Waals surface area contributed by atoms with E-state index in [2.05, 4.69) is 22.5 Å². The van der Waals surface area contributed by atoms with Crippen molar-refractivity contribution in [1.29, 1.82) is 0 Å². The highest BCUT2D eigenvalue weighted by Gasteiger charge is 2.76. The summed E-state index contributed by atoms with van der Waals surface area (Å²) in [4.78, 5) is 44.0. The van der Waals surface area contributed by atoms with Crippen LogP contribution >= 0.6 is 27.7 Å². The fourth-order valence-electron chi connectivity index (χ4n) is 5.51. The number of alkyl halides is 1. The minimum Gasteiger partial charge on any atom is -0.466 e. The number of fused-ring (bicyclic) bond motifs is 1. The first-order chi connectivity index (χ1) is 14.7. The van der Waals surface area contributed by atoms with Crippen LogP contribution in [0.25, 0.3) is 0 Å². The molecule has 7 atom stereocenters. The number of nitrogens with zero attached hydrogens (tertiary/aromatic N) is 2. The van der Waals surface area contributed by atoms with E-state index >= 15 is 0 Å². The summed E-state index contributed by atoms with van der Waals surface area (Å²) in [5, 5.41) is 9.93. The lowest BCUT2D eigenvalue weighted by Crippen LogP contribution is -2.58. The number of esters is 1. The molecule has 3 unspecified atom stereocenters. The second-order valence-corrected chi connectivity index (χ2v) is 11.5. The third kappa shape index (κ3) is 3.74. The van der Waals surface area contributed by atoms with Gasteiger partial charge in [-0.2, -0.15) is 0 Å². The first kappa shape index (κ1) is 24.6. The summed E-state index contributed by atoms with van der Waals surface area (Å²) in [6, 6.07) is -1.29. The van der Waals surface area contributed by atoms with E-state index in [1.807, 2.05) is 20.8 Å². The van der Waals surface area contributed by atoms with Gasteiger partial charge in [0.05, 0.1) is 35.8 Å². The number of amides is 2. The van der Waals surface area contributed by atoms with E-state index < -0.39 is 28.7 Å². The Morgan fingerprint density at radius 1 is 1.45 bits per heavy atom. The number of hydrogen-bond acceptors (Lipinski definition) is 6. The third-order valence-electron chi connectivity index (χ3n) is 6.83. The number of rotatable bonds is 9. The van der Waals surface area contributed by atoms with Gasteiger partial charge in [0.2, 0.25) is 11.8 Å². The molecule has 3 aliphatic rings. The molecule has 3 heterocycles. The van der Waals surface area contributed by atoms with Crippen molar-refractivity contribution in [2.75, 3.05) is 19.8 Å². The highest BCUT2D eigenvalue weighted by atomic mass is 79.9. The summed E-state index contributed by atoms with van der Waals surface area (Å²) in [5.74, 6) is -1.95. The number of hydrogen-bond donors (Lipinski definition) is 1. The van der Waals surface area contributed by atoms with E-state index in [-0.39, 0.29) is 47.1 Å². The molecule has 174 valence electrons. The predicted molar refractivity (Wildman–Crippen MR) is 124 cm³/mol. The van der Waals surface area contributed by atoms with E-state index in [0.29, 0.717) is 19.4 Å². The van der Waals surface area contributed by atoms with Gasteiger partial charge in [-0.1, -0.05) is 28.9 Å². The normalized spacial score (nSPS) is 34.7. The largest absolute Gasteiger partial charge is 0.466 e. The van der Waals surface area contributed by atoms with Gasteiger partial charge in [0.25, 0.3) is 0 Å². The van der Waals surface area contributed by atoms with Crippen LogP contribution in [0.2, 0.25) is 0 Å². The summed E-state index contributed by atoms with van der Waals surface area (Å²) < 4.78 is 4.63. The van der Waals surface area contributed by atoms with Gasteiger partial charge >= 0.3 is 5.97 Å². The van der Waals surface area contributed by atoms with Gasteiger partial charge in [-0.3, -0.25) is 14.4 Å². The molecule has 9 heteroatoms. The minimum atomic E-state index is -0.737. The molecule has 3 rings (SSSR count). The molecule has 0 aromatic rings. The first-order valence-corrected chi connectivity index (χ1v) is 12.8. The second kappa shape index (κ2) is 9.43. The van der Waals surface area contributed by atoms with Gasteiger partial charge in [0.15, 0.2) is 0 Å². The number of halogens is 1. The van der Waals surface area contributed by atoms with Crippen LogP contribution in [0.1, 0.15) is 40.5 Å². The molecular formula is C22H33BrN2O5S. The average Bonchev–Trinajstić information content (AvgIpc) is 3.31. The van der Waals surface area contributed by atoms with Crippen LogP contribution in [-0.2, 0) is 19.1 Å². The van der Waals surface area contributed by atoms with E-state index in [1.54, 1.807) is 34.6 Å². The molecule has 7 nitrogen and oxygen atoms in total. The molecule has 3 aliphatic heterocycles. The van der Waals surface area contributed by atoms with E-state index in [9.17, 15) is 19.5 Å². The highest BCUT2D eigenvalue weighted by molar-refractivity contribution is 9.09. The average molecular weight is 517 g/mol. The zero-order chi connectivity index (χ0) is 23.1. The fraction of sp³-hybridized carbons (Fsp3) is 0.773. The number of aliphatic hydroxyl groups is 1. The smallest absolute Gasteiger partial charge is 0.310 e. The number of ether oxygens (including phenoxy) is 1. The number of carbonyl (C=O) groups is 3. The van der Waals surface area contributed by atoms with Crippen LogP contribution in [0, 0.1) is 11.8 Å². The van der Waals surface area contributed by atoms with Crippen LogP contribution in [0.15, 0.2) is 12.7 Å². The molecule has 0 aliphatic carbocycles. The SMILES string of the molecule is C=CCN(C(=O)C1N([C@@H](CC)CO)C(=O)[C@@H]2[C@H](C(=O)OCC)[C@H]3SC12CC3Br)C(C)C. The van der Waals surface area contributed by atoms with Crippen LogP contribution in [0.5, 0.6) is 0 Å². The summed E-state index contributed by atoms with van der Waals surface area (Å²) in [6.07, 6.45) is 2.82. The lowest BCUT2D eigenvalue weighted by Gasteiger charge is -2.40. The topological polar surface area (TPSA) is 87.2 Å². The quantitative estimate of drug-likeness (QED) is 0.287. The van der Waals surface area contributed by atoms with Crippen molar-refractivity contribution in [3.05, 3.63) is 12.7 Å². The Morgan fingerprint density at radius 2 is 2.13 bits per heavy atom. The van der Waals surface area contributed by atoms with Gasteiger partial charge in [-0.25, -0.2) is 0 Å². The number of carbonyl (C=O) groups excluding carboxylic acids is 3. The fourth-order valence-corrected chi connectivity index (χ4v) is 9.09. The summed E-state index contributed by atoms with van der Waals surface area (Å²) >= 11 is 5.31. The number of thioether (sulfide) groups is 1. The van der Waals surface area contributed by atoms with E-state index in [0.717, 1.165) is 0 Å². The molecule has 31 heavy (non-hydrogen) atoms. The summed E-state index contributed by atoms with van der Waals surface area (Å²) in [6.45, 7) is 11.7. The van der Waals surface area contributed by atoms with Crippen LogP contribution < -0.4 is 0 Å². The highest BCUT2D eigenvalue weighted by Crippen LogP contribution is 2.68. The molecule has 2 bridgehead atoms. The van der Waals surface area contributed by atoms with E-state index in [1.165, 1.54) is 0 Å². The van der Waals surface area contributed by atoms with Crippen molar-refractivity contribution >= 4 is 45.5 Å². The zero-order valence-electron chi connectivity index (χ0n) is 18.6. The first-order valence-electron chi connectivity index (χ1n) is 11.0. The summed E-state index contributed by atoms with van der Waals surface area (Å²) in [7, 11) is 0. The maximum absolute atomic E-state index is 14.0. The third-order valence-corrected chi connectivity index (χ3v) is 10.0. The predicted octanol–water partition coefficient (Wildman–Crippen LogP) is 2.21. The Labute approximate surface area is 197 Å². The Balaban J connectivity index is 2.13. The van der Waals surface area contributed by atoms with Crippen molar-refractivity contribution in [2.45, 2.75) is 73.5 Å². The standard InChI is InChI=1S/C22H33BrN2O5S/c1-6-9-24(12(4)5)20(28)18-22-10-14(23)17(31-22)15(21(29)30-8-3)16(22)19(27)25(18)13(7-2)11-26/h6,12-18,26H,1,7-11H2,2-5H3/t13-,14?,15-,16-,17-,18?,22?/m0/s1. The molecule has 2 amide bonds. The van der Waals surface area contributed by atoms with Gasteiger partial charge in [0, 0.05) is 22.7 Å². The van der Waals surface area contributed by atoms with Gasteiger partial charge in [-0.05, 0) is 33.6 Å².